The fourth-order valence-corrected chi connectivity index (χ4v) is 2.90. The minimum Gasteiger partial charge on any atom is -0.377 e. The van der Waals surface area contributed by atoms with Gasteiger partial charge in [-0.25, -0.2) is 0 Å². The van der Waals surface area contributed by atoms with Gasteiger partial charge in [0.15, 0.2) is 0 Å². The number of hydrogen-bond acceptors (Lipinski definition) is 5. The SMILES string of the molecule is CCC1OCCC1c1nnc(C(C)N)s1. The van der Waals surface area contributed by atoms with E-state index >= 15 is 0 Å². The molecule has 84 valence electrons. The second-order valence-electron chi connectivity index (χ2n) is 3.98. The van der Waals surface area contributed by atoms with Crippen LogP contribution < -0.4 is 5.73 Å². The molecule has 0 bridgehead atoms. The molecule has 1 saturated heterocycles. The molecule has 1 fully saturated rings. The Morgan fingerprint density at radius 3 is 3.00 bits per heavy atom. The lowest BCUT2D eigenvalue weighted by molar-refractivity contribution is 0.100. The molecule has 0 aliphatic carbocycles. The molecule has 2 rings (SSSR count). The second-order valence-corrected chi connectivity index (χ2v) is 5.02. The molecule has 0 spiro atoms. The van der Waals surface area contributed by atoms with Crippen LogP contribution in [0.1, 0.15) is 48.7 Å². The summed E-state index contributed by atoms with van der Waals surface area (Å²) in [5, 5.41) is 10.4. The van der Waals surface area contributed by atoms with Crippen molar-refractivity contribution in [3.8, 4) is 0 Å². The first-order valence-electron chi connectivity index (χ1n) is 5.42. The highest BCUT2D eigenvalue weighted by Gasteiger charge is 2.31. The standard InChI is InChI=1S/C10H17N3OS/c1-3-8-7(4-5-14-8)10-13-12-9(15-10)6(2)11/h6-8H,3-5,11H2,1-2H3. The topological polar surface area (TPSA) is 61.0 Å². The molecule has 1 aliphatic heterocycles. The van der Waals surface area contributed by atoms with E-state index < -0.39 is 0 Å². The van der Waals surface area contributed by atoms with Gasteiger partial charge in [-0.05, 0) is 19.8 Å². The number of rotatable bonds is 3. The fourth-order valence-electron chi connectivity index (χ4n) is 1.91. The smallest absolute Gasteiger partial charge is 0.133 e. The van der Waals surface area contributed by atoms with Gasteiger partial charge in [0.05, 0.1) is 12.1 Å². The summed E-state index contributed by atoms with van der Waals surface area (Å²) in [7, 11) is 0. The van der Waals surface area contributed by atoms with Crippen molar-refractivity contribution in [2.45, 2.75) is 44.8 Å². The van der Waals surface area contributed by atoms with E-state index in [4.69, 9.17) is 10.5 Å². The Balaban J connectivity index is 2.14. The maximum Gasteiger partial charge on any atom is 0.133 e. The molecular formula is C10H17N3OS. The summed E-state index contributed by atoms with van der Waals surface area (Å²) in [6, 6.07) is -0.0151. The van der Waals surface area contributed by atoms with Crippen LogP contribution in [-0.4, -0.2) is 22.9 Å². The third-order valence-electron chi connectivity index (χ3n) is 2.77. The van der Waals surface area contributed by atoms with Crippen molar-refractivity contribution in [2.75, 3.05) is 6.61 Å². The maximum absolute atomic E-state index is 5.77. The molecule has 4 nitrogen and oxygen atoms in total. The van der Waals surface area contributed by atoms with E-state index in [0.29, 0.717) is 12.0 Å². The van der Waals surface area contributed by atoms with Crippen LogP contribution in [0.5, 0.6) is 0 Å². The summed E-state index contributed by atoms with van der Waals surface area (Å²) in [5.74, 6) is 0.431. The van der Waals surface area contributed by atoms with Crippen LogP contribution in [0.3, 0.4) is 0 Å². The molecule has 0 saturated carbocycles. The quantitative estimate of drug-likeness (QED) is 0.856. The average Bonchev–Trinajstić information content (AvgIpc) is 2.85. The summed E-state index contributed by atoms with van der Waals surface area (Å²) in [4.78, 5) is 0. The van der Waals surface area contributed by atoms with Gasteiger partial charge < -0.3 is 10.5 Å². The van der Waals surface area contributed by atoms with E-state index in [1.54, 1.807) is 11.3 Å². The number of nitrogens with two attached hydrogens (primary N) is 1. The monoisotopic (exact) mass is 227 g/mol. The van der Waals surface area contributed by atoms with Gasteiger partial charge in [-0.3, -0.25) is 0 Å². The number of ether oxygens (including phenoxy) is 1. The van der Waals surface area contributed by atoms with Crippen molar-refractivity contribution in [2.24, 2.45) is 5.73 Å². The zero-order chi connectivity index (χ0) is 10.8. The Bertz CT molecular complexity index is 326. The fraction of sp³-hybridized carbons (Fsp3) is 0.800. The normalized spacial score (nSPS) is 28.2. The molecule has 0 aromatic carbocycles. The Morgan fingerprint density at radius 1 is 1.60 bits per heavy atom. The van der Waals surface area contributed by atoms with E-state index in [9.17, 15) is 0 Å². The molecule has 2 N–H and O–H groups in total. The van der Waals surface area contributed by atoms with E-state index in [1.807, 2.05) is 6.92 Å². The van der Waals surface area contributed by atoms with Crippen LogP contribution in [0.25, 0.3) is 0 Å². The van der Waals surface area contributed by atoms with E-state index in [0.717, 1.165) is 29.5 Å². The van der Waals surface area contributed by atoms with Crippen molar-refractivity contribution in [3.63, 3.8) is 0 Å². The molecular weight excluding hydrogens is 210 g/mol. The Morgan fingerprint density at radius 2 is 2.40 bits per heavy atom. The van der Waals surface area contributed by atoms with E-state index in [1.165, 1.54) is 0 Å². The third-order valence-corrected chi connectivity index (χ3v) is 4.03. The highest BCUT2D eigenvalue weighted by Crippen LogP contribution is 2.35. The van der Waals surface area contributed by atoms with Crippen LogP contribution >= 0.6 is 11.3 Å². The molecule has 1 aromatic heterocycles. The summed E-state index contributed by atoms with van der Waals surface area (Å²) < 4.78 is 5.65. The van der Waals surface area contributed by atoms with Gasteiger partial charge >= 0.3 is 0 Å². The Hall–Kier alpha value is -0.520. The molecule has 0 amide bonds. The minimum atomic E-state index is -0.0151. The molecule has 1 aromatic rings. The van der Waals surface area contributed by atoms with Crippen molar-refractivity contribution in [1.29, 1.82) is 0 Å². The van der Waals surface area contributed by atoms with Crippen LogP contribution in [0.15, 0.2) is 0 Å². The van der Waals surface area contributed by atoms with E-state index in [2.05, 4.69) is 17.1 Å². The maximum atomic E-state index is 5.77. The number of hydrogen-bond donors (Lipinski definition) is 1. The molecule has 15 heavy (non-hydrogen) atoms. The van der Waals surface area contributed by atoms with Crippen LogP contribution in [0.4, 0.5) is 0 Å². The van der Waals surface area contributed by atoms with Gasteiger partial charge in [-0.2, -0.15) is 0 Å². The van der Waals surface area contributed by atoms with Crippen molar-refractivity contribution < 1.29 is 4.74 Å². The lowest BCUT2D eigenvalue weighted by atomic mass is 10.0. The summed E-state index contributed by atoms with van der Waals surface area (Å²) in [6.45, 7) is 4.93. The zero-order valence-corrected chi connectivity index (χ0v) is 9.96. The molecule has 2 heterocycles. The van der Waals surface area contributed by atoms with Gasteiger partial charge in [0.2, 0.25) is 0 Å². The van der Waals surface area contributed by atoms with Crippen molar-refractivity contribution in [3.05, 3.63) is 10.0 Å². The summed E-state index contributed by atoms with van der Waals surface area (Å²) >= 11 is 1.63. The van der Waals surface area contributed by atoms with Crippen LogP contribution in [0, 0.1) is 0 Å². The first-order chi connectivity index (χ1) is 7.22. The van der Waals surface area contributed by atoms with Gasteiger partial charge in [-0.15, -0.1) is 10.2 Å². The summed E-state index contributed by atoms with van der Waals surface area (Å²) in [5.41, 5.74) is 5.77. The number of aromatic nitrogens is 2. The lowest BCUT2D eigenvalue weighted by Gasteiger charge is -2.12. The van der Waals surface area contributed by atoms with E-state index in [-0.39, 0.29) is 6.04 Å². The first-order valence-corrected chi connectivity index (χ1v) is 6.24. The lowest BCUT2D eigenvalue weighted by Crippen LogP contribution is -2.12. The van der Waals surface area contributed by atoms with Gasteiger partial charge in [0, 0.05) is 12.5 Å². The summed E-state index contributed by atoms with van der Waals surface area (Å²) in [6.07, 6.45) is 2.42. The molecule has 1 aliphatic rings. The predicted octanol–water partition coefficient (Wildman–Crippen LogP) is 1.84. The van der Waals surface area contributed by atoms with Gasteiger partial charge in [-0.1, -0.05) is 18.3 Å². The zero-order valence-electron chi connectivity index (χ0n) is 9.14. The van der Waals surface area contributed by atoms with Crippen molar-refractivity contribution >= 4 is 11.3 Å². The van der Waals surface area contributed by atoms with Crippen LogP contribution in [0.2, 0.25) is 0 Å². The Kier molecular flexibility index (Phi) is 3.33. The largest absolute Gasteiger partial charge is 0.377 e. The molecule has 3 atom stereocenters. The van der Waals surface area contributed by atoms with Gasteiger partial charge in [0.1, 0.15) is 10.0 Å². The highest BCUT2D eigenvalue weighted by molar-refractivity contribution is 7.11. The molecule has 3 unspecified atom stereocenters. The van der Waals surface area contributed by atoms with Gasteiger partial charge in [0.25, 0.3) is 0 Å². The van der Waals surface area contributed by atoms with Crippen LogP contribution in [-0.2, 0) is 4.74 Å². The average molecular weight is 227 g/mol. The minimum absolute atomic E-state index is 0.0151. The second kappa shape index (κ2) is 4.55. The molecule has 0 radical (unpaired) electrons. The van der Waals surface area contributed by atoms with Crippen molar-refractivity contribution in [1.82, 2.24) is 10.2 Å². The molecule has 5 heteroatoms. The first kappa shape index (κ1) is 11.0. The Labute approximate surface area is 93.8 Å². The predicted molar refractivity (Wildman–Crippen MR) is 59.9 cm³/mol. The highest BCUT2D eigenvalue weighted by atomic mass is 32.1. The third kappa shape index (κ3) is 2.19. The number of nitrogens with zero attached hydrogens (tertiary/aromatic N) is 2.